The number of benzene rings is 2. The van der Waals surface area contributed by atoms with Gasteiger partial charge in [0.25, 0.3) is 0 Å². The van der Waals surface area contributed by atoms with Crippen LogP contribution in [0.4, 0.5) is 0 Å². The second-order valence-corrected chi connectivity index (χ2v) is 5.17. The van der Waals surface area contributed by atoms with Gasteiger partial charge in [0.1, 0.15) is 11.5 Å². The Hall–Kier alpha value is -1.45. The molecule has 0 heterocycles. The lowest BCUT2D eigenvalue weighted by Gasteiger charge is -2.10. The van der Waals surface area contributed by atoms with Gasteiger partial charge < -0.3 is 9.47 Å². The van der Waals surface area contributed by atoms with E-state index < -0.39 is 0 Å². The highest BCUT2D eigenvalue weighted by Crippen LogP contribution is 2.27. The highest BCUT2D eigenvalue weighted by atomic mass is 32.2. The predicted octanol–water partition coefficient (Wildman–Crippen LogP) is 4.36. The van der Waals surface area contributed by atoms with Gasteiger partial charge in [-0.1, -0.05) is 36.4 Å². The van der Waals surface area contributed by atoms with Gasteiger partial charge in [0.05, 0.1) is 6.61 Å². The molecule has 2 aromatic rings. The minimum Gasteiger partial charge on any atom is -0.457 e. The smallest absolute Gasteiger partial charge is 0.131 e. The predicted molar refractivity (Wildman–Crippen MR) is 81.0 cm³/mol. The van der Waals surface area contributed by atoms with E-state index in [-0.39, 0.29) is 0 Å². The molecule has 0 aliphatic heterocycles. The molecule has 0 saturated carbocycles. The summed E-state index contributed by atoms with van der Waals surface area (Å²) in [5.74, 6) is 3.73. The van der Waals surface area contributed by atoms with E-state index in [1.54, 1.807) is 7.11 Å². The number of thioether (sulfide) groups is 1. The van der Waals surface area contributed by atoms with E-state index >= 15 is 0 Å². The van der Waals surface area contributed by atoms with Crippen LogP contribution in [0.5, 0.6) is 11.5 Å². The zero-order valence-corrected chi connectivity index (χ0v) is 11.9. The van der Waals surface area contributed by atoms with Crippen molar-refractivity contribution in [1.82, 2.24) is 0 Å². The molecule has 0 amide bonds. The summed E-state index contributed by atoms with van der Waals surface area (Å²) < 4.78 is 11.0. The number of para-hydroxylation sites is 2. The van der Waals surface area contributed by atoms with Crippen molar-refractivity contribution >= 4 is 11.8 Å². The van der Waals surface area contributed by atoms with E-state index in [9.17, 15) is 0 Å². The molecule has 19 heavy (non-hydrogen) atoms. The molecule has 0 atom stereocenters. The van der Waals surface area contributed by atoms with E-state index in [0.29, 0.717) is 0 Å². The Balaban J connectivity index is 2.00. The summed E-state index contributed by atoms with van der Waals surface area (Å²) >= 11 is 1.85. The Morgan fingerprint density at radius 1 is 0.947 bits per heavy atom. The van der Waals surface area contributed by atoms with E-state index in [0.717, 1.165) is 29.6 Å². The van der Waals surface area contributed by atoms with Crippen molar-refractivity contribution in [3.05, 3.63) is 60.2 Å². The van der Waals surface area contributed by atoms with Crippen LogP contribution in [0.25, 0.3) is 0 Å². The zero-order valence-electron chi connectivity index (χ0n) is 11.0. The summed E-state index contributed by atoms with van der Waals surface area (Å²) in [6.07, 6.45) is 0. The van der Waals surface area contributed by atoms with E-state index in [4.69, 9.17) is 9.47 Å². The van der Waals surface area contributed by atoms with Gasteiger partial charge in [-0.3, -0.25) is 0 Å². The van der Waals surface area contributed by atoms with Gasteiger partial charge in [-0.25, -0.2) is 0 Å². The van der Waals surface area contributed by atoms with Crippen molar-refractivity contribution in [3.8, 4) is 11.5 Å². The molecular formula is C16H18O2S. The molecule has 0 bridgehead atoms. The first-order valence-corrected chi connectivity index (χ1v) is 7.43. The molecule has 0 radical (unpaired) electrons. The molecule has 0 aliphatic carbocycles. The first-order valence-electron chi connectivity index (χ1n) is 6.27. The van der Waals surface area contributed by atoms with Crippen LogP contribution in [0.1, 0.15) is 5.56 Å². The molecule has 0 aliphatic rings. The van der Waals surface area contributed by atoms with Gasteiger partial charge in [-0.05, 0) is 18.2 Å². The lowest BCUT2D eigenvalue weighted by molar-refractivity contribution is 0.218. The van der Waals surface area contributed by atoms with E-state index in [1.165, 1.54) is 5.56 Å². The Morgan fingerprint density at radius 2 is 1.68 bits per heavy atom. The molecule has 0 saturated heterocycles. The molecule has 0 fully saturated rings. The number of methoxy groups -OCH3 is 1. The Morgan fingerprint density at radius 3 is 2.47 bits per heavy atom. The standard InChI is InChI=1S/C16H18O2S/c1-17-11-12-19-13-14-7-5-6-10-16(14)18-15-8-3-2-4-9-15/h2-10H,11-13H2,1H3. The fourth-order valence-corrected chi connectivity index (χ4v) is 2.55. The summed E-state index contributed by atoms with van der Waals surface area (Å²) in [6, 6.07) is 18.0. The molecule has 2 rings (SSSR count). The monoisotopic (exact) mass is 274 g/mol. The third-order valence-electron chi connectivity index (χ3n) is 2.63. The number of hydrogen-bond donors (Lipinski definition) is 0. The maximum atomic E-state index is 5.92. The van der Waals surface area contributed by atoms with Gasteiger partial charge in [-0.2, -0.15) is 11.8 Å². The molecule has 2 aromatic carbocycles. The van der Waals surface area contributed by atoms with Crippen molar-refractivity contribution < 1.29 is 9.47 Å². The summed E-state index contributed by atoms with van der Waals surface area (Å²) in [5, 5.41) is 0. The van der Waals surface area contributed by atoms with Crippen molar-refractivity contribution in [1.29, 1.82) is 0 Å². The number of hydrogen-bond acceptors (Lipinski definition) is 3. The summed E-state index contributed by atoms with van der Waals surface area (Å²) in [6.45, 7) is 0.784. The lowest BCUT2D eigenvalue weighted by Crippen LogP contribution is -1.94. The molecule has 0 unspecified atom stereocenters. The fraction of sp³-hybridized carbons (Fsp3) is 0.250. The number of ether oxygens (including phenoxy) is 2. The normalized spacial score (nSPS) is 10.4. The van der Waals surface area contributed by atoms with Crippen molar-refractivity contribution in [2.45, 2.75) is 5.75 Å². The summed E-state index contributed by atoms with van der Waals surface area (Å²) in [4.78, 5) is 0. The van der Waals surface area contributed by atoms with Crippen LogP contribution in [0.3, 0.4) is 0 Å². The molecule has 0 spiro atoms. The molecule has 3 heteroatoms. The van der Waals surface area contributed by atoms with Gasteiger partial charge in [0.2, 0.25) is 0 Å². The topological polar surface area (TPSA) is 18.5 Å². The van der Waals surface area contributed by atoms with Gasteiger partial charge in [0, 0.05) is 24.2 Å². The highest BCUT2D eigenvalue weighted by Gasteiger charge is 2.04. The van der Waals surface area contributed by atoms with Crippen molar-refractivity contribution in [2.75, 3.05) is 19.5 Å². The van der Waals surface area contributed by atoms with Gasteiger partial charge in [-0.15, -0.1) is 0 Å². The SMILES string of the molecule is COCCSCc1ccccc1Oc1ccccc1. The van der Waals surface area contributed by atoms with Gasteiger partial charge >= 0.3 is 0 Å². The minimum atomic E-state index is 0.784. The average molecular weight is 274 g/mol. The van der Waals surface area contributed by atoms with Crippen LogP contribution in [-0.2, 0) is 10.5 Å². The third kappa shape index (κ3) is 4.62. The first-order chi connectivity index (χ1) is 9.40. The molecule has 2 nitrogen and oxygen atoms in total. The lowest BCUT2D eigenvalue weighted by atomic mass is 10.2. The summed E-state index contributed by atoms with van der Waals surface area (Å²) in [7, 11) is 1.73. The van der Waals surface area contributed by atoms with Crippen LogP contribution < -0.4 is 4.74 Å². The first kappa shape index (κ1) is 14.0. The van der Waals surface area contributed by atoms with Crippen molar-refractivity contribution in [3.63, 3.8) is 0 Å². The third-order valence-corrected chi connectivity index (χ3v) is 3.60. The second kappa shape index (κ2) is 7.87. The Kier molecular flexibility index (Phi) is 5.79. The van der Waals surface area contributed by atoms with Crippen LogP contribution in [0.15, 0.2) is 54.6 Å². The molecule has 100 valence electrons. The summed E-state index contributed by atoms with van der Waals surface area (Å²) in [5.41, 5.74) is 1.22. The van der Waals surface area contributed by atoms with Crippen LogP contribution in [0.2, 0.25) is 0 Å². The number of rotatable bonds is 7. The average Bonchev–Trinajstić information content (AvgIpc) is 2.46. The zero-order chi connectivity index (χ0) is 13.3. The molecule has 0 aromatic heterocycles. The molecular weight excluding hydrogens is 256 g/mol. The van der Waals surface area contributed by atoms with Crippen LogP contribution in [-0.4, -0.2) is 19.5 Å². The Bertz CT molecular complexity index is 485. The maximum Gasteiger partial charge on any atom is 0.131 e. The van der Waals surface area contributed by atoms with Crippen LogP contribution >= 0.6 is 11.8 Å². The Labute approximate surface area is 118 Å². The minimum absolute atomic E-state index is 0.784. The largest absolute Gasteiger partial charge is 0.457 e. The highest BCUT2D eigenvalue weighted by molar-refractivity contribution is 7.98. The fourth-order valence-electron chi connectivity index (χ4n) is 1.66. The van der Waals surface area contributed by atoms with Crippen molar-refractivity contribution in [2.24, 2.45) is 0 Å². The maximum absolute atomic E-state index is 5.92. The second-order valence-electron chi connectivity index (χ2n) is 4.07. The van der Waals surface area contributed by atoms with Gasteiger partial charge in [0.15, 0.2) is 0 Å². The van der Waals surface area contributed by atoms with E-state index in [2.05, 4.69) is 6.07 Å². The van der Waals surface area contributed by atoms with Crippen LogP contribution in [0, 0.1) is 0 Å². The quantitative estimate of drug-likeness (QED) is 0.699. The molecule has 0 N–H and O–H groups in total. The van der Waals surface area contributed by atoms with E-state index in [1.807, 2.05) is 60.3 Å².